The van der Waals surface area contributed by atoms with Crippen LogP contribution in [0.4, 0.5) is 16.2 Å². The van der Waals surface area contributed by atoms with Gasteiger partial charge in [0.2, 0.25) is 0 Å². The summed E-state index contributed by atoms with van der Waals surface area (Å²) in [5.74, 6) is 0.441. The number of carbonyl (C=O) groups excluding carboxylic acids is 2. The van der Waals surface area contributed by atoms with Gasteiger partial charge in [0, 0.05) is 5.56 Å². The highest BCUT2D eigenvalue weighted by molar-refractivity contribution is 6.05. The van der Waals surface area contributed by atoms with E-state index in [4.69, 9.17) is 10.2 Å². The van der Waals surface area contributed by atoms with Crippen LogP contribution in [0.3, 0.4) is 0 Å². The molecule has 3 aromatic rings. The zero-order valence-corrected chi connectivity index (χ0v) is 19.0. The molecule has 0 radical (unpaired) electrons. The number of furan rings is 1. The Balaban J connectivity index is 1.65. The Morgan fingerprint density at radius 2 is 1.79 bits per heavy atom. The van der Waals surface area contributed by atoms with Crippen molar-refractivity contribution in [3.05, 3.63) is 83.8 Å². The lowest BCUT2D eigenvalue weighted by Crippen LogP contribution is -2.37. The fraction of sp³-hybridized carbons (Fsp3) is 0.280. The van der Waals surface area contributed by atoms with E-state index in [2.05, 4.69) is 20.9 Å². The minimum Gasteiger partial charge on any atom is -0.467 e. The molecule has 2 aromatic carbocycles. The molecule has 1 unspecified atom stereocenters. The Hall–Kier alpha value is -3.78. The molecule has 0 aliphatic heterocycles. The van der Waals surface area contributed by atoms with Crippen molar-refractivity contribution >= 4 is 23.3 Å². The van der Waals surface area contributed by atoms with Crippen LogP contribution in [0.25, 0.3) is 0 Å². The van der Waals surface area contributed by atoms with Crippen molar-refractivity contribution in [1.29, 1.82) is 0 Å². The predicted octanol–water partition coefficient (Wildman–Crippen LogP) is 4.00. The van der Waals surface area contributed by atoms with Crippen LogP contribution in [0.1, 0.15) is 40.6 Å². The van der Waals surface area contributed by atoms with Crippen LogP contribution in [0.15, 0.2) is 71.3 Å². The van der Waals surface area contributed by atoms with E-state index in [1.54, 1.807) is 36.6 Å². The molecule has 33 heavy (non-hydrogen) atoms. The van der Waals surface area contributed by atoms with E-state index in [1.807, 2.05) is 44.4 Å². The van der Waals surface area contributed by atoms with Gasteiger partial charge in [-0.2, -0.15) is 0 Å². The molecule has 3 rings (SSSR count). The highest BCUT2D eigenvalue weighted by Crippen LogP contribution is 2.21. The van der Waals surface area contributed by atoms with Crippen LogP contribution < -0.4 is 21.7 Å². The first-order valence-corrected chi connectivity index (χ1v) is 10.9. The van der Waals surface area contributed by atoms with Crippen molar-refractivity contribution in [2.45, 2.75) is 25.4 Å². The third-order valence-corrected chi connectivity index (χ3v) is 5.19. The lowest BCUT2D eigenvalue weighted by molar-refractivity contribution is 0.102. The molecule has 1 heterocycles. The van der Waals surface area contributed by atoms with Crippen molar-refractivity contribution in [1.82, 2.24) is 15.5 Å². The van der Waals surface area contributed by atoms with Gasteiger partial charge in [-0.1, -0.05) is 24.3 Å². The SMILES string of the molecule is CN(C)CCCC(NC(=O)NCc1ccco1)c1ccc(C(=O)Nc2ccccc2N)cc1. The van der Waals surface area contributed by atoms with Crippen molar-refractivity contribution in [3.63, 3.8) is 0 Å². The molecular formula is C25H31N5O3. The van der Waals surface area contributed by atoms with Crippen LogP contribution in [-0.2, 0) is 6.54 Å². The Morgan fingerprint density at radius 3 is 2.45 bits per heavy atom. The van der Waals surface area contributed by atoms with Crippen LogP contribution in [0.2, 0.25) is 0 Å². The Morgan fingerprint density at radius 1 is 1.03 bits per heavy atom. The number of benzene rings is 2. The van der Waals surface area contributed by atoms with Gasteiger partial charge < -0.3 is 31.0 Å². The Labute approximate surface area is 194 Å². The van der Waals surface area contributed by atoms with Gasteiger partial charge in [-0.05, 0) is 75.4 Å². The second kappa shape index (κ2) is 11.7. The molecule has 0 bridgehead atoms. The topological polar surface area (TPSA) is 113 Å². The summed E-state index contributed by atoms with van der Waals surface area (Å²) in [5.41, 5.74) is 8.43. The number of urea groups is 1. The van der Waals surface area contributed by atoms with Gasteiger partial charge in [-0.25, -0.2) is 4.79 Å². The molecule has 0 saturated heterocycles. The summed E-state index contributed by atoms with van der Waals surface area (Å²) in [6.07, 6.45) is 3.24. The average Bonchev–Trinajstić information content (AvgIpc) is 3.32. The molecule has 3 amide bonds. The summed E-state index contributed by atoms with van der Waals surface area (Å²) in [6.45, 7) is 1.22. The third kappa shape index (κ3) is 7.40. The number of nitrogens with two attached hydrogens (primary N) is 1. The molecule has 1 atom stereocenters. The average molecular weight is 450 g/mol. The maximum atomic E-state index is 12.6. The number of hydrogen-bond donors (Lipinski definition) is 4. The highest BCUT2D eigenvalue weighted by Gasteiger charge is 2.16. The maximum Gasteiger partial charge on any atom is 0.315 e. The number of hydrogen-bond acceptors (Lipinski definition) is 5. The van der Waals surface area contributed by atoms with Gasteiger partial charge in [0.05, 0.1) is 30.2 Å². The molecule has 0 aliphatic carbocycles. The van der Waals surface area contributed by atoms with Gasteiger partial charge in [0.25, 0.3) is 5.91 Å². The molecule has 8 heteroatoms. The number of nitrogens with zero attached hydrogens (tertiary/aromatic N) is 1. The first-order valence-electron chi connectivity index (χ1n) is 10.9. The van der Waals surface area contributed by atoms with Crippen LogP contribution in [0, 0.1) is 0 Å². The maximum absolute atomic E-state index is 12.6. The fourth-order valence-corrected chi connectivity index (χ4v) is 3.40. The molecule has 5 N–H and O–H groups in total. The van der Waals surface area contributed by atoms with Crippen molar-refractivity contribution in [3.8, 4) is 0 Å². The second-order valence-electron chi connectivity index (χ2n) is 8.07. The minimum absolute atomic E-state index is 0.191. The molecule has 0 saturated carbocycles. The number of amides is 3. The van der Waals surface area contributed by atoms with E-state index >= 15 is 0 Å². The first kappa shape index (κ1) is 23.9. The molecule has 0 fully saturated rings. The molecular weight excluding hydrogens is 418 g/mol. The molecule has 0 spiro atoms. The van der Waals surface area contributed by atoms with Crippen LogP contribution in [-0.4, -0.2) is 37.5 Å². The van der Waals surface area contributed by atoms with E-state index < -0.39 is 0 Å². The monoisotopic (exact) mass is 449 g/mol. The highest BCUT2D eigenvalue weighted by atomic mass is 16.3. The van der Waals surface area contributed by atoms with Crippen molar-refractivity contribution < 1.29 is 14.0 Å². The van der Waals surface area contributed by atoms with E-state index in [0.717, 1.165) is 24.9 Å². The Bertz CT molecular complexity index is 1030. The third-order valence-electron chi connectivity index (χ3n) is 5.19. The lowest BCUT2D eigenvalue weighted by Gasteiger charge is -2.21. The largest absolute Gasteiger partial charge is 0.467 e. The van der Waals surface area contributed by atoms with Crippen molar-refractivity contribution in [2.75, 3.05) is 31.7 Å². The summed E-state index contributed by atoms with van der Waals surface area (Å²) < 4.78 is 5.26. The van der Waals surface area contributed by atoms with Gasteiger partial charge in [0.15, 0.2) is 0 Å². The van der Waals surface area contributed by atoms with Gasteiger partial charge in [-0.3, -0.25) is 4.79 Å². The molecule has 0 aliphatic rings. The van der Waals surface area contributed by atoms with E-state index in [1.165, 1.54) is 0 Å². The van der Waals surface area contributed by atoms with E-state index in [-0.39, 0.29) is 18.0 Å². The molecule has 8 nitrogen and oxygen atoms in total. The van der Waals surface area contributed by atoms with Crippen molar-refractivity contribution in [2.24, 2.45) is 0 Å². The smallest absolute Gasteiger partial charge is 0.315 e. The zero-order chi connectivity index (χ0) is 23.6. The predicted molar refractivity (Wildman–Crippen MR) is 130 cm³/mol. The lowest BCUT2D eigenvalue weighted by atomic mass is 10.00. The van der Waals surface area contributed by atoms with Crippen LogP contribution in [0.5, 0.6) is 0 Å². The summed E-state index contributed by atoms with van der Waals surface area (Å²) in [4.78, 5) is 27.2. The number of anilines is 2. The number of nitrogen functional groups attached to an aromatic ring is 1. The zero-order valence-electron chi connectivity index (χ0n) is 19.0. The Kier molecular flexibility index (Phi) is 8.49. The first-order chi connectivity index (χ1) is 15.9. The number of rotatable bonds is 10. The second-order valence-corrected chi connectivity index (χ2v) is 8.07. The number of carbonyl (C=O) groups is 2. The molecule has 1 aromatic heterocycles. The summed E-state index contributed by atoms with van der Waals surface area (Å²) >= 11 is 0. The van der Waals surface area contributed by atoms with Gasteiger partial charge in [-0.15, -0.1) is 0 Å². The van der Waals surface area contributed by atoms with Gasteiger partial charge >= 0.3 is 6.03 Å². The summed E-state index contributed by atoms with van der Waals surface area (Å²) in [5, 5.41) is 8.68. The standard InChI is InChI=1S/C25H31N5O3/c1-30(2)15-5-10-22(29-25(32)27-17-20-7-6-16-33-20)18-11-13-19(14-12-18)24(31)28-23-9-4-3-8-21(23)26/h3-4,6-9,11-14,16,22H,5,10,15,17,26H2,1-2H3,(H,28,31)(H2,27,29,32). The fourth-order valence-electron chi connectivity index (χ4n) is 3.40. The quantitative estimate of drug-likeness (QED) is 0.350. The van der Waals surface area contributed by atoms with E-state index in [0.29, 0.717) is 29.2 Å². The van der Waals surface area contributed by atoms with Gasteiger partial charge in [0.1, 0.15) is 5.76 Å². The summed E-state index contributed by atoms with van der Waals surface area (Å²) in [6, 6.07) is 17.5. The molecule has 174 valence electrons. The summed E-state index contributed by atoms with van der Waals surface area (Å²) in [7, 11) is 4.04. The normalized spacial score (nSPS) is 11.7. The number of para-hydroxylation sites is 2. The van der Waals surface area contributed by atoms with Crippen LogP contribution >= 0.6 is 0 Å². The number of nitrogens with one attached hydrogen (secondary N) is 3. The minimum atomic E-state index is -0.275. The van der Waals surface area contributed by atoms with E-state index in [9.17, 15) is 9.59 Å².